The van der Waals surface area contributed by atoms with Gasteiger partial charge in [0.25, 0.3) is 0 Å². The van der Waals surface area contributed by atoms with Crippen LogP contribution in [0, 0.1) is 5.92 Å². The van der Waals surface area contributed by atoms with Crippen molar-refractivity contribution in [2.75, 3.05) is 13.2 Å². The van der Waals surface area contributed by atoms with Crippen molar-refractivity contribution in [3.63, 3.8) is 0 Å². The van der Waals surface area contributed by atoms with E-state index in [0.717, 1.165) is 11.1 Å². The van der Waals surface area contributed by atoms with Crippen molar-refractivity contribution in [1.29, 1.82) is 0 Å². The second-order valence-electron chi connectivity index (χ2n) is 6.25. The smallest absolute Gasteiger partial charge is 0.128 e. The van der Waals surface area contributed by atoms with Crippen LogP contribution in [0.2, 0.25) is 0 Å². The summed E-state index contributed by atoms with van der Waals surface area (Å²) in [6.07, 6.45) is 3.61. The van der Waals surface area contributed by atoms with E-state index in [1.54, 1.807) is 18.2 Å². The molecule has 5 nitrogen and oxygen atoms in total. The third-order valence-electron chi connectivity index (χ3n) is 5.01. The van der Waals surface area contributed by atoms with Crippen molar-refractivity contribution < 1.29 is 24.4 Å². The first-order valence-corrected chi connectivity index (χ1v) is 7.30. The Bertz CT molecular complexity index is 642. The van der Waals surface area contributed by atoms with E-state index < -0.39 is 5.60 Å². The third-order valence-corrected chi connectivity index (χ3v) is 5.01. The molecule has 3 saturated heterocycles. The third kappa shape index (κ3) is 1.60. The van der Waals surface area contributed by atoms with E-state index in [1.165, 1.54) is 0 Å². The fourth-order valence-electron chi connectivity index (χ4n) is 3.85. The van der Waals surface area contributed by atoms with Crippen LogP contribution in [0.15, 0.2) is 24.3 Å². The Morgan fingerprint density at radius 2 is 2.00 bits per heavy atom. The molecule has 0 aromatic heterocycles. The molecule has 1 aromatic rings. The molecule has 0 amide bonds. The molecule has 2 N–H and O–H groups in total. The minimum absolute atomic E-state index is 0.0313. The number of ether oxygens (including phenoxy) is 3. The highest BCUT2D eigenvalue weighted by atomic mass is 16.6. The minimum Gasteiger partial charge on any atom is -0.508 e. The highest BCUT2D eigenvalue weighted by Gasteiger charge is 2.65. The molecule has 21 heavy (non-hydrogen) atoms. The van der Waals surface area contributed by atoms with Gasteiger partial charge in [-0.15, -0.1) is 0 Å². The van der Waals surface area contributed by atoms with Crippen LogP contribution in [0.5, 0.6) is 5.75 Å². The van der Waals surface area contributed by atoms with Gasteiger partial charge in [-0.3, -0.25) is 0 Å². The SMILES string of the molecule is Oc1ccc2c(c1)C=CC1C3OC3COCC3OC3C21O. The van der Waals surface area contributed by atoms with Crippen LogP contribution in [0.4, 0.5) is 0 Å². The van der Waals surface area contributed by atoms with Gasteiger partial charge < -0.3 is 24.4 Å². The summed E-state index contributed by atoms with van der Waals surface area (Å²) in [6, 6.07) is 5.07. The molecule has 3 aliphatic heterocycles. The predicted octanol–water partition coefficient (Wildman–Crippen LogP) is 0.788. The van der Waals surface area contributed by atoms with E-state index >= 15 is 0 Å². The van der Waals surface area contributed by atoms with E-state index in [4.69, 9.17) is 14.2 Å². The fraction of sp³-hybridized carbons (Fsp3) is 0.500. The molecular formula is C16H16O5. The topological polar surface area (TPSA) is 74.8 Å². The molecule has 3 fully saturated rings. The van der Waals surface area contributed by atoms with Gasteiger partial charge in [0.1, 0.15) is 29.7 Å². The number of phenolic OH excluding ortho intramolecular Hbond substituents is 1. The minimum atomic E-state index is -1.12. The summed E-state index contributed by atoms with van der Waals surface area (Å²) in [7, 11) is 0. The number of rotatable bonds is 0. The molecule has 1 aromatic carbocycles. The number of aromatic hydroxyl groups is 1. The van der Waals surface area contributed by atoms with Crippen molar-refractivity contribution in [2.24, 2.45) is 5.92 Å². The lowest BCUT2D eigenvalue weighted by Gasteiger charge is -2.37. The maximum absolute atomic E-state index is 11.5. The Kier molecular flexibility index (Phi) is 2.24. The van der Waals surface area contributed by atoms with Crippen molar-refractivity contribution in [3.8, 4) is 5.75 Å². The van der Waals surface area contributed by atoms with E-state index in [2.05, 4.69) is 0 Å². The number of epoxide rings is 2. The summed E-state index contributed by atoms with van der Waals surface area (Å²) in [5, 5.41) is 21.1. The lowest BCUT2D eigenvalue weighted by Crippen LogP contribution is -2.45. The van der Waals surface area contributed by atoms with Crippen molar-refractivity contribution in [3.05, 3.63) is 35.4 Å². The monoisotopic (exact) mass is 288 g/mol. The molecule has 0 bridgehead atoms. The van der Waals surface area contributed by atoms with Crippen LogP contribution in [0.3, 0.4) is 0 Å². The number of phenols is 1. The molecule has 0 spiro atoms. The first-order chi connectivity index (χ1) is 10.2. The quantitative estimate of drug-likeness (QED) is 0.690. The Hall–Kier alpha value is -1.40. The van der Waals surface area contributed by atoms with Gasteiger partial charge in [-0.2, -0.15) is 0 Å². The molecule has 1 aliphatic carbocycles. The summed E-state index contributed by atoms with van der Waals surface area (Å²) in [6.45, 7) is 1.05. The normalized spacial score (nSPS) is 46.0. The average Bonchev–Trinajstić information content (AvgIpc) is 3.35. The van der Waals surface area contributed by atoms with Gasteiger partial charge in [0.15, 0.2) is 0 Å². The van der Waals surface area contributed by atoms with Crippen LogP contribution in [-0.4, -0.2) is 47.8 Å². The first-order valence-electron chi connectivity index (χ1n) is 7.30. The zero-order chi connectivity index (χ0) is 14.2. The van der Waals surface area contributed by atoms with Gasteiger partial charge in [0, 0.05) is 5.92 Å². The molecule has 3 heterocycles. The largest absolute Gasteiger partial charge is 0.508 e. The maximum atomic E-state index is 11.5. The second kappa shape index (κ2) is 3.87. The lowest BCUT2D eigenvalue weighted by molar-refractivity contribution is -0.0410. The number of hydrogen-bond acceptors (Lipinski definition) is 5. The highest BCUT2D eigenvalue weighted by Crippen LogP contribution is 2.54. The van der Waals surface area contributed by atoms with Gasteiger partial charge in [-0.05, 0) is 23.3 Å². The van der Waals surface area contributed by atoms with Crippen LogP contribution >= 0.6 is 0 Å². The molecule has 0 saturated carbocycles. The summed E-state index contributed by atoms with van der Waals surface area (Å²) >= 11 is 0. The summed E-state index contributed by atoms with van der Waals surface area (Å²) in [5.74, 6) is 0.0527. The van der Waals surface area contributed by atoms with Gasteiger partial charge in [0.05, 0.1) is 19.3 Å². The fourth-order valence-corrected chi connectivity index (χ4v) is 3.85. The highest BCUT2D eigenvalue weighted by molar-refractivity contribution is 5.62. The zero-order valence-corrected chi connectivity index (χ0v) is 11.3. The second-order valence-corrected chi connectivity index (χ2v) is 6.25. The Morgan fingerprint density at radius 3 is 2.90 bits per heavy atom. The van der Waals surface area contributed by atoms with E-state index in [-0.39, 0.29) is 36.1 Å². The number of fused-ring (bicyclic) bond motifs is 7. The zero-order valence-electron chi connectivity index (χ0n) is 11.3. The molecule has 6 unspecified atom stereocenters. The van der Waals surface area contributed by atoms with Crippen LogP contribution in [0.1, 0.15) is 11.1 Å². The van der Waals surface area contributed by atoms with E-state index in [0.29, 0.717) is 13.2 Å². The molecule has 4 aliphatic rings. The first kappa shape index (κ1) is 12.2. The van der Waals surface area contributed by atoms with Gasteiger partial charge >= 0.3 is 0 Å². The number of benzene rings is 1. The average molecular weight is 288 g/mol. The maximum Gasteiger partial charge on any atom is 0.128 e. The molecule has 6 atom stereocenters. The molecule has 5 rings (SSSR count). The Morgan fingerprint density at radius 1 is 1.14 bits per heavy atom. The Labute approximate surface area is 121 Å². The van der Waals surface area contributed by atoms with Gasteiger partial charge in [0.2, 0.25) is 0 Å². The van der Waals surface area contributed by atoms with Crippen molar-refractivity contribution >= 4 is 6.08 Å². The van der Waals surface area contributed by atoms with Gasteiger partial charge in [-0.1, -0.05) is 18.2 Å². The van der Waals surface area contributed by atoms with E-state index in [1.807, 2.05) is 12.2 Å². The van der Waals surface area contributed by atoms with E-state index in [9.17, 15) is 10.2 Å². The van der Waals surface area contributed by atoms with Crippen LogP contribution in [0.25, 0.3) is 6.08 Å². The lowest BCUT2D eigenvalue weighted by atomic mass is 9.71. The van der Waals surface area contributed by atoms with Crippen molar-refractivity contribution in [1.82, 2.24) is 0 Å². The molecule has 5 heteroatoms. The predicted molar refractivity (Wildman–Crippen MR) is 72.7 cm³/mol. The van der Waals surface area contributed by atoms with Gasteiger partial charge in [-0.25, -0.2) is 0 Å². The van der Waals surface area contributed by atoms with Crippen LogP contribution in [-0.2, 0) is 19.8 Å². The molecular weight excluding hydrogens is 272 g/mol. The molecule has 0 radical (unpaired) electrons. The van der Waals surface area contributed by atoms with Crippen molar-refractivity contribution in [2.45, 2.75) is 30.0 Å². The Balaban J connectivity index is 1.66. The summed E-state index contributed by atoms with van der Waals surface area (Å²) in [5.41, 5.74) is 0.520. The number of aliphatic hydroxyl groups is 1. The summed E-state index contributed by atoms with van der Waals surface area (Å²) < 4.78 is 17.0. The molecule has 110 valence electrons. The van der Waals surface area contributed by atoms with Crippen LogP contribution < -0.4 is 0 Å². The summed E-state index contributed by atoms with van der Waals surface area (Å²) in [4.78, 5) is 0. The standard InChI is InChI=1S/C16H16O5/c17-9-2-4-10-8(5-9)1-3-11-14-12(20-14)6-19-7-13-15(21-13)16(10,11)18/h1-5,11-15,17-18H,6-7H2. The number of hydrogen-bond donors (Lipinski definition) is 2.